The summed E-state index contributed by atoms with van der Waals surface area (Å²) < 4.78 is 10.9. The Kier molecular flexibility index (Phi) is 8.85. The van der Waals surface area contributed by atoms with E-state index in [2.05, 4.69) is 29.6 Å². The first-order valence-corrected chi connectivity index (χ1v) is 7.86. The number of nitrogens with one attached hydrogen (secondary N) is 1. The van der Waals surface area contributed by atoms with E-state index in [0.717, 1.165) is 25.1 Å². The van der Waals surface area contributed by atoms with Crippen molar-refractivity contribution < 1.29 is 9.47 Å². The van der Waals surface area contributed by atoms with Crippen LogP contribution in [0.15, 0.2) is 42.5 Å². The molecule has 0 unspecified atom stereocenters. The van der Waals surface area contributed by atoms with Crippen molar-refractivity contribution in [3.05, 3.63) is 58.6 Å². The summed E-state index contributed by atoms with van der Waals surface area (Å²) in [5, 5.41) is 4.01. The van der Waals surface area contributed by atoms with Crippen LogP contribution >= 0.6 is 24.0 Å². The zero-order chi connectivity index (χ0) is 15.8. The van der Waals surface area contributed by atoms with Crippen molar-refractivity contribution in [2.45, 2.75) is 19.9 Å². The first-order valence-electron chi connectivity index (χ1n) is 7.48. The van der Waals surface area contributed by atoms with Gasteiger partial charge < -0.3 is 14.8 Å². The van der Waals surface area contributed by atoms with Crippen LogP contribution in [-0.4, -0.2) is 20.3 Å². The highest BCUT2D eigenvalue weighted by molar-refractivity contribution is 6.32. The average Bonchev–Trinajstić information content (AvgIpc) is 2.53. The fourth-order valence-corrected chi connectivity index (χ4v) is 2.61. The number of methoxy groups -OCH3 is 1. The summed E-state index contributed by atoms with van der Waals surface area (Å²) in [6.07, 6.45) is 1.00. The molecule has 0 radical (unpaired) electrons. The Morgan fingerprint density at radius 3 is 2.48 bits per heavy atom. The van der Waals surface area contributed by atoms with Crippen LogP contribution in [-0.2, 0) is 13.0 Å². The molecule has 0 heterocycles. The van der Waals surface area contributed by atoms with Gasteiger partial charge in [-0.15, -0.1) is 12.4 Å². The van der Waals surface area contributed by atoms with Crippen LogP contribution in [0.2, 0.25) is 5.02 Å². The SMILES string of the molecule is CCOc1cc(CNCCc2ccccc2)cc(Cl)c1OC.Cl. The Labute approximate surface area is 149 Å². The Bertz CT molecular complexity index is 591. The van der Waals surface area contributed by atoms with Gasteiger partial charge in [0.25, 0.3) is 0 Å². The van der Waals surface area contributed by atoms with Gasteiger partial charge in [0.2, 0.25) is 0 Å². The molecule has 126 valence electrons. The second-order valence-electron chi connectivity index (χ2n) is 4.95. The monoisotopic (exact) mass is 355 g/mol. The first-order chi connectivity index (χ1) is 10.7. The van der Waals surface area contributed by atoms with E-state index in [-0.39, 0.29) is 12.4 Å². The molecular formula is C18H23Cl2NO2. The highest BCUT2D eigenvalue weighted by Crippen LogP contribution is 2.36. The Morgan fingerprint density at radius 1 is 1.09 bits per heavy atom. The van der Waals surface area contributed by atoms with E-state index in [1.165, 1.54) is 5.56 Å². The van der Waals surface area contributed by atoms with Gasteiger partial charge in [-0.3, -0.25) is 0 Å². The zero-order valence-corrected chi connectivity index (χ0v) is 15.0. The molecule has 0 aliphatic heterocycles. The van der Waals surface area contributed by atoms with Crippen LogP contribution in [0.3, 0.4) is 0 Å². The third-order valence-electron chi connectivity index (χ3n) is 3.34. The molecule has 0 spiro atoms. The zero-order valence-electron chi connectivity index (χ0n) is 13.5. The smallest absolute Gasteiger partial charge is 0.179 e. The minimum absolute atomic E-state index is 0. The van der Waals surface area contributed by atoms with Crippen molar-refractivity contribution in [3.8, 4) is 11.5 Å². The van der Waals surface area contributed by atoms with E-state index in [4.69, 9.17) is 21.1 Å². The van der Waals surface area contributed by atoms with Crippen LogP contribution in [0.25, 0.3) is 0 Å². The maximum Gasteiger partial charge on any atom is 0.179 e. The lowest BCUT2D eigenvalue weighted by Gasteiger charge is -2.13. The summed E-state index contributed by atoms with van der Waals surface area (Å²) in [4.78, 5) is 0. The first kappa shape index (κ1) is 19.6. The molecule has 0 aliphatic carbocycles. The van der Waals surface area contributed by atoms with E-state index in [0.29, 0.717) is 23.1 Å². The normalized spacial score (nSPS) is 10.0. The summed E-state index contributed by atoms with van der Waals surface area (Å²) in [5.41, 5.74) is 2.42. The minimum Gasteiger partial charge on any atom is -0.491 e. The molecule has 0 atom stereocenters. The summed E-state index contributed by atoms with van der Waals surface area (Å²) >= 11 is 6.25. The van der Waals surface area contributed by atoms with Gasteiger partial charge in [0.15, 0.2) is 11.5 Å². The molecule has 3 nitrogen and oxygen atoms in total. The van der Waals surface area contributed by atoms with Crippen molar-refractivity contribution in [1.82, 2.24) is 5.32 Å². The van der Waals surface area contributed by atoms with E-state index in [1.807, 2.05) is 25.1 Å². The van der Waals surface area contributed by atoms with Gasteiger partial charge in [0, 0.05) is 6.54 Å². The molecule has 1 N–H and O–H groups in total. The highest BCUT2D eigenvalue weighted by Gasteiger charge is 2.11. The summed E-state index contributed by atoms with van der Waals surface area (Å²) in [5.74, 6) is 1.29. The standard InChI is InChI=1S/C18H22ClNO2.ClH/c1-3-22-17-12-15(11-16(19)18(17)21-2)13-20-10-9-14-7-5-4-6-8-14;/h4-8,11-12,20H,3,9-10,13H2,1-2H3;1H. The Balaban J connectivity index is 0.00000264. The van der Waals surface area contributed by atoms with Gasteiger partial charge in [0.05, 0.1) is 18.7 Å². The van der Waals surface area contributed by atoms with E-state index < -0.39 is 0 Å². The molecule has 2 aromatic rings. The van der Waals surface area contributed by atoms with Crippen molar-refractivity contribution in [2.75, 3.05) is 20.3 Å². The van der Waals surface area contributed by atoms with Crippen molar-refractivity contribution in [1.29, 1.82) is 0 Å². The number of hydrogen-bond donors (Lipinski definition) is 1. The molecule has 2 rings (SSSR count). The maximum atomic E-state index is 6.25. The third-order valence-corrected chi connectivity index (χ3v) is 3.62. The number of hydrogen-bond acceptors (Lipinski definition) is 3. The summed E-state index contributed by atoms with van der Waals surface area (Å²) in [7, 11) is 1.60. The number of ether oxygens (including phenoxy) is 2. The largest absolute Gasteiger partial charge is 0.491 e. The lowest BCUT2D eigenvalue weighted by molar-refractivity contribution is 0.310. The van der Waals surface area contributed by atoms with Gasteiger partial charge in [-0.1, -0.05) is 41.9 Å². The Hall–Kier alpha value is -1.42. The molecule has 0 saturated carbocycles. The lowest BCUT2D eigenvalue weighted by atomic mass is 10.1. The van der Waals surface area contributed by atoms with Crippen LogP contribution < -0.4 is 14.8 Å². The predicted octanol–water partition coefficient (Wildman–Crippen LogP) is 4.50. The number of halogens is 2. The summed E-state index contributed by atoms with van der Waals surface area (Å²) in [6.45, 7) is 4.18. The number of rotatable bonds is 8. The Morgan fingerprint density at radius 2 is 1.83 bits per heavy atom. The van der Waals surface area contributed by atoms with Gasteiger partial charge in [0.1, 0.15) is 0 Å². The highest BCUT2D eigenvalue weighted by atomic mass is 35.5. The van der Waals surface area contributed by atoms with Gasteiger partial charge in [-0.25, -0.2) is 0 Å². The van der Waals surface area contributed by atoms with Crippen LogP contribution in [0.1, 0.15) is 18.1 Å². The van der Waals surface area contributed by atoms with Crippen LogP contribution in [0.4, 0.5) is 0 Å². The molecule has 0 fully saturated rings. The molecule has 0 aliphatic rings. The predicted molar refractivity (Wildman–Crippen MR) is 98.3 cm³/mol. The van der Waals surface area contributed by atoms with Gasteiger partial charge in [-0.2, -0.15) is 0 Å². The third kappa shape index (κ3) is 5.94. The molecule has 23 heavy (non-hydrogen) atoms. The number of benzene rings is 2. The fourth-order valence-electron chi connectivity index (χ4n) is 2.29. The molecule has 0 saturated heterocycles. The quantitative estimate of drug-likeness (QED) is 0.707. The van der Waals surface area contributed by atoms with Gasteiger partial charge >= 0.3 is 0 Å². The van der Waals surface area contributed by atoms with Crippen LogP contribution in [0.5, 0.6) is 11.5 Å². The topological polar surface area (TPSA) is 30.5 Å². The molecule has 0 amide bonds. The van der Waals surface area contributed by atoms with Gasteiger partial charge in [-0.05, 0) is 43.1 Å². The second-order valence-corrected chi connectivity index (χ2v) is 5.36. The van der Waals surface area contributed by atoms with Crippen molar-refractivity contribution in [2.24, 2.45) is 0 Å². The van der Waals surface area contributed by atoms with Crippen molar-refractivity contribution >= 4 is 24.0 Å². The molecule has 5 heteroatoms. The van der Waals surface area contributed by atoms with E-state index in [9.17, 15) is 0 Å². The lowest BCUT2D eigenvalue weighted by Crippen LogP contribution is -2.16. The van der Waals surface area contributed by atoms with Crippen LogP contribution in [0, 0.1) is 0 Å². The van der Waals surface area contributed by atoms with Crippen molar-refractivity contribution in [3.63, 3.8) is 0 Å². The minimum atomic E-state index is 0. The second kappa shape index (κ2) is 10.4. The average molecular weight is 356 g/mol. The van der Waals surface area contributed by atoms with E-state index >= 15 is 0 Å². The molecule has 0 bridgehead atoms. The fraction of sp³-hybridized carbons (Fsp3) is 0.333. The molecular weight excluding hydrogens is 333 g/mol. The maximum absolute atomic E-state index is 6.25. The molecule has 2 aromatic carbocycles. The van der Waals surface area contributed by atoms with E-state index in [1.54, 1.807) is 7.11 Å². The summed E-state index contributed by atoms with van der Waals surface area (Å²) in [6, 6.07) is 14.3. The molecule has 0 aromatic heterocycles.